The molecule has 1 amide bonds. The molecule has 1 N–H and O–H groups in total. The maximum absolute atomic E-state index is 12.5. The van der Waals surface area contributed by atoms with E-state index < -0.39 is 5.97 Å². The molecule has 0 spiro atoms. The Labute approximate surface area is 176 Å². The molecule has 3 aromatic rings. The van der Waals surface area contributed by atoms with Crippen molar-refractivity contribution in [2.45, 2.75) is 19.8 Å². The third-order valence-corrected chi connectivity index (χ3v) is 5.89. The van der Waals surface area contributed by atoms with Gasteiger partial charge in [-0.15, -0.1) is 11.3 Å². The maximum atomic E-state index is 12.5. The van der Waals surface area contributed by atoms with E-state index in [9.17, 15) is 9.59 Å². The molecular formula is C22H20BrNO3S. The minimum Gasteiger partial charge on any atom is -0.465 e. The van der Waals surface area contributed by atoms with Crippen molar-refractivity contribution in [3.8, 4) is 11.1 Å². The van der Waals surface area contributed by atoms with Gasteiger partial charge in [0.2, 0.25) is 5.91 Å². The number of aryl methyl sites for hydroxylation is 2. The van der Waals surface area contributed by atoms with Crippen LogP contribution in [0.3, 0.4) is 0 Å². The molecule has 0 saturated heterocycles. The van der Waals surface area contributed by atoms with E-state index in [1.807, 2.05) is 61.5 Å². The molecular weight excluding hydrogens is 438 g/mol. The largest absolute Gasteiger partial charge is 0.465 e. The molecule has 0 aliphatic carbocycles. The third-order valence-electron chi connectivity index (χ3n) is 4.34. The second-order valence-electron chi connectivity index (χ2n) is 6.27. The van der Waals surface area contributed by atoms with Crippen LogP contribution in [-0.2, 0) is 16.0 Å². The monoisotopic (exact) mass is 457 g/mol. The van der Waals surface area contributed by atoms with Crippen LogP contribution in [0.4, 0.5) is 5.00 Å². The Kier molecular flexibility index (Phi) is 6.65. The van der Waals surface area contributed by atoms with Gasteiger partial charge in [-0.05, 0) is 36.6 Å². The van der Waals surface area contributed by atoms with Gasteiger partial charge in [0, 0.05) is 21.3 Å². The topological polar surface area (TPSA) is 55.4 Å². The van der Waals surface area contributed by atoms with Crippen molar-refractivity contribution >= 4 is 44.1 Å². The number of anilines is 1. The summed E-state index contributed by atoms with van der Waals surface area (Å²) >= 11 is 4.82. The van der Waals surface area contributed by atoms with Gasteiger partial charge in [-0.3, -0.25) is 4.79 Å². The highest BCUT2D eigenvalue weighted by Gasteiger charge is 2.25. The normalized spacial score (nSPS) is 10.5. The number of carbonyl (C=O) groups is 2. The van der Waals surface area contributed by atoms with Crippen LogP contribution in [0.1, 0.15) is 27.2 Å². The first kappa shape index (κ1) is 20.3. The highest BCUT2D eigenvalue weighted by molar-refractivity contribution is 9.10. The lowest BCUT2D eigenvalue weighted by molar-refractivity contribution is -0.116. The van der Waals surface area contributed by atoms with Gasteiger partial charge in [-0.1, -0.05) is 58.4 Å². The molecule has 0 aliphatic heterocycles. The van der Waals surface area contributed by atoms with Crippen molar-refractivity contribution < 1.29 is 14.3 Å². The van der Waals surface area contributed by atoms with E-state index in [0.717, 1.165) is 26.0 Å². The molecule has 1 aromatic heterocycles. The fourth-order valence-electron chi connectivity index (χ4n) is 2.99. The Bertz CT molecular complexity index is 981. The third kappa shape index (κ3) is 4.69. The van der Waals surface area contributed by atoms with Crippen molar-refractivity contribution in [1.29, 1.82) is 0 Å². The number of nitrogens with one attached hydrogen (secondary N) is 1. The molecule has 0 saturated carbocycles. The van der Waals surface area contributed by atoms with E-state index in [4.69, 9.17) is 4.74 Å². The molecule has 2 aromatic carbocycles. The van der Waals surface area contributed by atoms with Gasteiger partial charge in [0.25, 0.3) is 0 Å². The van der Waals surface area contributed by atoms with Crippen LogP contribution < -0.4 is 5.32 Å². The number of hydrogen-bond donors (Lipinski definition) is 1. The van der Waals surface area contributed by atoms with Crippen molar-refractivity contribution in [3.05, 3.63) is 75.1 Å². The second-order valence-corrected chi connectivity index (χ2v) is 8.41. The van der Waals surface area contributed by atoms with Crippen molar-refractivity contribution in [1.82, 2.24) is 0 Å². The fraction of sp³-hybridized carbons (Fsp3) is 0.182. The van der Waals surface area contributed by atoms with Crippen LogP contribution in [0.2, 0.25) is 0 Å². The maximum Gasteiger partial charge on any atom is 0.341 e. The Morgan fingerprint density at radius 2 is 1.75 bits per heavy atom. The number of hydrogen-bond acceptors (Lipinski definition) is 4. The van der Waals surface area contributed by atoms with E-state index in [2.05, 4.69) is 21.2 Å². The Morgan fingerprint density at radius 1 is 1.07 bits per heavy atom. The summed E-state index contributed by atoms with van der Waals surface area (Å²) in [6.45, 7) is 1.94. The Morgan fingerprint density at radius 3 is 2.39 bits per heavy atom. The number of carbonyl (C=O) groups excluding carboxylic acids is 2. The van der Waals surface area contributed by atoms with E-state index in [1.54, 1.807) is 0 Å². The van der Waals surface area contributed by atoms with Gasteiger partial charge >= 0.3 is 5.97 Å². The SMILES string of the molecule is COC(=O)c1c(NC(=O)CCc2ccccc2)sc(C)c1-c1ccc(Br)cc1. The summed E-state index contributed by atoms with van der Waals surface area (Å²) in [5.74, 6) is -0.585. The van der Waals surface area contributed by atoms with E-state index in [0.29, 0.717) is 23.4 Å². The molecule has 1 heterocycles. The predicted molar refractivity (Wildman–Crippen MR) is 117 cm³/mol. The van der Waals surface area contributed by atoms with Crippen LogP contribution >= 0.6 is 27.3 Å². The average Bonchev–Trinajstić information content (AvgIpc) is 3.02. The second kappa shape index (κ2) is 9.17. The zero-order chi connectivity index (χ0) is 20.1. The van der Waals surface area contributed by atoms with Gasteiger partial charge in [-0.25, -0.2) is 4.79 Å². The number of esters is 1. The molecule has 0 unspecified atom stereocenters. The van der Waals surface area contributed by atoms with Gasteiger partial charge in [0.1, 0.15) is 10.6 Å². The molecule has 3 rings (SSSR count). The predicted octanol–water partition coefficient (Wildman–Crippen LogP) is 5.84. The quantitative estimate of drug-likeness (QED) is 0.472. The first-order valence-corrected chi connectivity index (χ1v) is 10.4. The number of methoxy groups -OCH3 is 1. The summed E-state index contributed by atoms with van der Waals surface area (Å²) in [7, 11) is 1.35. The van der Waals surface area contributed by atoms with Crippen LogP contribution in [0, 0.1) is 6.92 Å². The summed E-state index contributed by atoms with van der Waals surface area (Å²) in [5, 5.41) is 3.44. The summed E-state index contributed by atoms with van der Waals surface area (Å²) in [6.07, 6.45) is 0.985. The molecule has 6 heteroatoms. The molecule has 0 bridgehead atoms. The minimum atomic E-state index is -0.458. The molecule has 144 valence electrons. The number of amides is 1. The lowest BCUT2D eigenvalue weighted by atomic mass is 10.0. The lowest BCUT2D eigenvalue weighted by Gasteiger charge is -2.08. The number of benzene rings is 2. The highest BCUT2D eigenvalue weighted by atomic mass is 79.9. The van der Waals surface area contributed by atoms with Crippen LogP contribution in [0.5, 0.6) is 0 Å². The Balaban J connectivity index is 1.86. The molecule has 0 aliphatic rings. The molecule has 0 radical (unpaired) electrons. The van der Waals surface area contributed by atoms with E-state index in [1.165, 1.54) is 18.4 Å². The summed E-state index contributed by atoms with van der Waals surface area (Å²) in [5.41, 5.74) is 3.20. The smallest absolute Gasteiger partial charge is 0.341 e. The van der Waals surface area contributed by atoms with Crippen molar-refractivity contribution in [3.63, 3.8) is 0 Å². The lowest BCUT2D eigenvalue weighted by Crippen LogP contribution is -2.14. The molecule has 0 atom stereocenters. The van der Waals surface area contributed by atoms with Crippen LogP contribution in [0.15, 0.2) is 59.1 Å². The van der Waals surface area contributed by atoms with Crippen molar-refractivity contribution in [2.75, 3.05) is 12.4 Å². The minimum absolute atomic E-state index is 0.127. The zero-order valence-corrected chi connectivity index (χ0v) is 18.0. The standard InChI is InChI=1S/C22H20BrNO3S/c1-14-19(16-9-11-17(23)12-10-16)20(22(26)27-2)21(28-14)24-18(25)13-8-15-6-4-3-5-7-15/h3-7,9-12H,8,13H2,1-2H3,(H,24,25). The Hall–Kier alpha value is -2.44. The van der Waals surface area contributed by atoms with Gasteiger partial charge in [-0.2, -0.15) is 0 Å². The molecule has 28 heavy (non-hydrogen) atoms. The number of rotatable bonds is 6. The summed E-state index contributed by atoms with van der Waals surface area (Å²) < 4.78 is 5.95. The highest BCUT2D eigenvalue weighted by Crippen LogP contribution is 2.40. The van der Waals surface area contributed by atoms with Crippen LogP contribution in [-0.4, -0.2) is 19.0 Å². The van der Waals surface area contributed by atoms with Gasteiger partial charge in [0.05, 0.1) is 7.11 Å². The fourth-order valence-corrected chi connectivity index (χ4v) is 4.33. The summed E-state index contributed by atoms with van der Waals surface area (Å²) in [6, 6.07) is 17.6. The molecule has 4 nitrogen and oxygen atoms in total. The van der Waals surface area contributed by atoms with Crippen molar-refractivity contribution in [2.24, 2.45) is 0 Å². The number of thiophene rings is 1. The van der Waals surface area contributed by atoms with Gasteiger partial charge in [0.15, 0.2) is 0 Å². The zero-order valence-electron chi connectivity index (χ0n) is 15.6. The number of ether oxygens (including phenoxy) is 1. The first-order valence-electron chi connectivity index (χ1n) is 8.81. The van der Waals surface area contributed by atoms with E-state index >= 15 is 0 Å². The summed E-state index contributed by atoms with van der Waals surface area (Å²) in [4.78, 5) is 25.9. The van der Waals surface area contributed by atoms with Crippen LogP contribution in [0.25, 0.3) is 11.1 Å². The first-order chi connectivity index (χ1) is 13.5. The van der Waals surface area contributed by atoms with Gasteiger partial charge < -0.3 is 10.1 Å². The van der Waals surface area contributed by atoms with E-state index in [-0.39, 0.29) is 5.91 Å². The average molecular weight is 458 g/mol. The molecule has 0 fully saturated rings. The number of halogens is 1.